The van der Waals surface area contributed by atoms with Crippen molar-refractivity contribution in [1.82, 2.24) is 4.98 Å². The van der Waals surface area contributed by atoms with E-state index in [0.717, 1.165) is 5.69 Å². The molecule has 2 unspecified atom stereocenters. The molecular weight excluding hydrogens is 284 g/mol. The first kappa shape index (κ1) is 16.0. The summed E-state index contributed by atoms with van der Waals surface area (Å²) in [5, 5.41) is 3.22. The second-order valence-electron chi connectivity index (χ2n) is 6.75. The molecule has 2 rings (SSSR count). The maximum Gasteiger partial charge on any atom is 0.335 e. The molecule has 6 heteroatoms. The third kappa shape index (κ3) is 4.04. The number of aromatic nitrogens is 1. The Bertz CT molecular complexity index is 514. The number of hydrogen-bond donors (Lipinski definition) is 1. The molecule has 21 heavy (non-hydrogen) atoms. The summed E-state index contributed by atoms with van der Waals surface area (Å²) in [5.41, 5.74) is 0.741. The number of pyridine rings is 1. The van der Waals surface area contributed by atoms with E-state index in [9.17, 15) is 4.79 Å². The summed E-state index contributed by atoms with van der Waals surface area (Å²) in [5.74, 6) is 0.0645. The molecule has 1 aliphatic heterocycles. The van der Waals surface area contributed by atoms with Gasteiger partial charge in [-0.2, -0.15) is 0 Å². The summed E-state index contributed by atoms with van der Waals surface area (Å²) in [7, 11) is -1.18. The monoisotopic (exact) mass is 308 g/mol. The van der Waals surface area contributed by atoms with Gasteiger partial charge in [-0.25, -0.2) is 9.78 Å². The molecule has 0 radical (unpaired) electrons. The molecule has 0 bridgehead atoms. The number of nitrogens with zero attached hydrogens (tertiary/aromatic N) is 1. The van der Waals surface area contributed by atoms with Crippen molar-refractivity contribution in [3.63, 3.8) is 0 Å². The lowest BCUT2D eigenvalue weighted by Gasteiger charge is -2.36. The van der Waals surface area contributed by atoms with Crippen molar-refractivity contribution in [2.75, 3.05) is 5.32 Å². The van der Waals surface area contributed by atoms with Crippen LogP contribution in [-0.2, 0) is 9.22 Å². The second kappa shape index (κ2) is 6.15. The number of anilines is 1. The van der Waals surface area contributed by atoms with E-state index in [4.69, 9.17) is 9.16 Å². The minimum atomic E-state index is -1.18. The summed E-state index contributed by atoms with van der Waals surface area (Å²) in [4.78, 5) is 16.2. The average Bonchev–Trinajstić information content (AvgIpc) is 2.37. The van der Waals surface area contributed by atoms with E-state index in [2.05, 4.69) is 44.2 Å². The van der Waals surface area contributed by atoms with Gasteiger partial charge < -0.3 is 14.5 Å². The van der Waals surface area contributed by atoms with Crippen molar-refractivity contribution < 1.29 is 14.0 Å². The van der Waals surface area contributed by atoms with Crippen LogP contribution in [-0.4, -0.2) is 32.1 Å². The van der Waals surface area contributed by atoms with Gasteiger partial charge >= 0.3 is 5.97 Å². The third-order valence-corrected chi connectivity index (χ3v) is 4.31. The average molecular weight is 308 g/mol. The van der Waals surface area contributed by atoms with Gasteiger partial charge in [0, 0.05) is 12.6 Å². The third-order valence-electron chi connectivity index (χ3n) is 3.43. The van der Waals surface area contributed by atoms with Crippen LogP contribution in [0, 0.1) is 5.41 Å². The minimum absolute atomic E-state index is 0.0194. The predicted molar refractivity (Wildman–Crippen MR) is 85.1 cm³/mol. The lowest BCUT2D eigenvalue weighted by Crippen LogP contribution is -2.44. The van der Waals surface area contributed by atoms with Gasteiger partial charge in [0.25, 0.3) is 0 Å². The molecule has 0 fully saturated rings. The van der Waals surface area contributed by atoms with E-state index in [0.29, 0.717) is 12.3 Å². The highest BCUT2D eigenvalue weighted by Gasteiger charge is 2.35. The summed E-state index contributed by atoms with van der Waals surface area (Å²) in [6.07, 6.45) is 2.23. The Morgan fingerprint density at radius 3 is 2.81 bits per heavy atom. The Hall–Kier alpha value is -1.40. The molecule has 1 aromatic rings. The van der Waals surface area contributed by atoms with E-state index in [1.807, 2.05) is 12.1 Å². The predicted octanol–water partition coefficient (Wildman–Crippen LogP) is 2.59. The SMILES string of the molecule is C[SiH](C)OC(CC1Nc2cccnc2OC1=O)C(C)(C)C. The number of esters is 1. The summed E-state index contributed by atoms with van der Waals surface area (Å²) < 4.78 is 11.4. The lowest BCUT2D eigenvalue weighted by atomic mass is 9.85. The summed E-state index contributed by atoms with van der Waals surface area (Å²) >= 11 is 0. The Kier molecular flexibility index (Phi) is 4.68. The topological polar surface area (TPSA) is 60.4 Å². The normalized spacial score (nSPS) is 19.7. The van der Waals surface area contributed by atoms with Crippen LogP contribution in [0.25, 0.3) is 0 Å². The Balaban J connectivity index is 2.13. The highest BCUT2D eigenvalue weighted by molar-refractivity contribution is 6.48. The number of carbonyl (C=O) groups is 1. The van der Waals surface area contributed by atoms with Crippen molar-refractivity contribution >= 4 is 20.7 Å². The van der Waals surface area contributed by atoms with Crippen LogP contribution in [0.15, 0.2) is 18.3 Å². The van der Waals surface area contributed by atoms with Crippen molar-refractivity contribution in [1.29, 1.82) is 0 Å². The van der Waals surface area contributed by atoms with Crippen LogP contribution in [0.5, 0.6) is 5.88 Å². The van der Waals surface area contributed by atoms with Gasteiger partial charge in [0.2, 0.25) is 5.88 Å². The first-order chi connectivity index (χ1) is 9.77. The van der Waals surface area contributed by atoms with Crippen LogP contribution >= 0.6 is 0 Å². The molecule has 0 amide bonds. The van der Waals surface area contributed by atoms with Gasteiger partial charge in [0.05, 0.1) is 11.8 Å². The molecule has 5 nitrogen and oxygen atoms in total. The minimum Gasteiger partial charge on any atom is -0.417 e. The van der Waals surface area contributed by atoms with Gasteiger partial charge in [-0.1, -0.05) is 20.8 Å². The zero-order valence-electron chi connectivity index (χ0n) is 13.3. The van der Waals surface area contributed by atoms with E-state index >= 15 is 0 Å². The van der Waals surface area contributed by atoms with Gasteiger partial charge in [-0.05, 0) is 30.6 Å². The van der Waals surface area contributed by atoms with Gasteiger partial charge in [0.1, 0.15) is 6.04 Å². The number of ether oxygens (including phenoxy) is 1. The molecule has 0 aliphatic carbocycles. The molecule has 0 saturated carbocycles. The zero-order valence-corrected chi connectivity index (χ0v) is 14.5. The van der Waals surface area contributed by atoms with Crippen LogP contribution in [0.3, 0.4) is 0 Å². The fourth-order valence-electron chi connectivity index (χ4n) is 2.31. The van der Waals surface area contributed by atoms with Gasteiger partial charge in [0.15, 0.2) is 9.04 Å². The number of fused-ring (bicyclic) bond motifs is 1. The van der Waals surface area contributed by atoms with E-state index in [-0.39, 0.29) is 17.5 Å². The van der Waals surface area contributed by atoms with Gasteiger partial charge in [-0.15, -0.1) is 0 Å². The van der Waals surface area contributed by atoms with Crippen molar-refractivity contribution in [3.05, 3.63) is 18.3 Å². The molecule has 1 aromatic heterocycles. The van der Waals surface area contributed by atoms with Crippen LogP contribution in [0.2, 0.25) is 13.1 Å². The maximum absolute atomic E-state index is 12.1. The molecule has 116 valence electrons. The molecular formula is C15H24N2O3Si. The first-order valence-electron chi connectivity index (χ1n) is 7.36. The number of nitrogens with one attached hydrogen (secondary N) is 1. The largest absolute Gasteiger partial charge is 0.417 e. The molecule has 2 heterocycles. The second-order valence-corrected chi connectivity index (χ2v) is 9.12. The molecule has 0 saturated heterocycles. The lowest BCUT2D eigenvalue weighted by molar-refractivity contribution is -0.137. The molecule has 0 aromatic carbocycles. The highest BCUT2D eigenvalue weighted by atomic mass is 28.3. The molecule has 1 aliphatic rings. The number of carbonyl (C=O) groups excluding carboxylic acids is 1. The van der Waals surface area contributed by atoms with E-state index in [1.165, 1.54) is 0 Å². The maximum atomic E-state index is 12.1. The van der Waals surface area contributed by atoms with Crippen molar-refractivity contribution in [2.24, 2.45) is 5.41 Å². The van der Waals surface area contributed by atoms with E-state index in [1.54, 1.807) is 6.20 Å². The molecule has 0 spiro atoms. The first-order valence-corrected chi connectivity index (χ1v) is 10.1. The molecule has 2 atom stereocenters. The number of hydrogen-bond acceptors (Lipinski definition) is 5. The van der Waals surface area contributed by atoms with Crippen molar-refractivity contribution in [3.8, 4) is 5.88 Å². The van der Waals surface area contributed by atoms with E-state index < -0.39 is 15.1 Å². The number of rotatable bonds is 4. The zero-order chi connectivity index (χ0) is 15.6. The Labute approximate surface area is 127 Å². The fraction of sp³-hybridized carbons (Fsp3) is 0.600. The highest BCUT2D eigenvalue weighted by Crippen LogP contribution is 2.31. The Morgan fingerprint density at radius 2 is 2.19 bits per heavy atom. The van der Waals surface area contributed by atoms with Crippen LogP contribution in [0.4, 0.5) is 5.69 Å². The standard InChI is InChI=1S/C15H24N2O3Si/c1-15(2,3)12(20-21(4)5)9-11-14(18)19-13-10(17-11)7-6-8-16-13/h6-8,11-12,17,21H,9H2,1-5H3. The van der Waals surface area contributed by atoms with Crippen molar-refractivity contribution in [2.45, 2.75) is 52.4 Å². The summed E-state index contributed by atoms with van der Waals surface area (Å²) in [6.45, 7) is 10.7. The quantitative estimate of drug-likeness (QED) is 0.684. The fourth-order valence-corrected chi connectivity index (χ4v) is 3.48. The smallest absolute Gasteiger partial charge is 0.335 e. The Morgan fingerprint density at radius 1 is 1.48 bits per heavy atom. The van der Waals surface area contributed by atoms with Gasteiger partial charge in [-0.3, -0.25) is 0 Å². The summed E-state index contributed by atoms with van der Waals surface area (Å²) in [6, 6.07) is 3.30. The van der Waals surface area contributed by atoms with Crippen LogP contribution in [0.1, 0.15) is 27.2 Å². The molecule has 1 N–H and O–H groups in total. The van der Waals surface area contributed by atoms with Crippen LogP contribution < -0.4 is 10.1 Å².